The van der Waals surface area contributed by atoms with Crippen molar-refractivity contribution in [3.05, 3.63) is 65.2 Å². The molecule has 0 fully saturated rings. The van der Waals surface area contributed by atoms with E-state index in [9.17, 15) is 4.39 Å². The molecule has 6 heteroatoms. The minimum Gasteiger partial charge on any atom is -0.340 e. The molecule has 1 aliphatic heterocycles. The van der Waals surface area contributed by atoms with Crippen molar-refractivity contribution in [3.8, 4) is 11.3 Å². The number of nitrogens with one attached hydrogen (secondary N) is 1. The third-order valence-electron chi connectivity index (χ3n) is 5.23. The first kappa shape index (κ1) is 18.0. The van der Waals surface area contributed by atoms with E-state index in [1.807, 2.05) is 24.3 Å². The Balaban J connectivity index is 1.83. The number of hydrogen-bond acceptors (Lipinski definition) is 3. The topological polar surface area (TPSA) is 33.1 Å². The lowest BCUT2D eigenvalue weighted by molar-refractivity contribution is 0.0968. The molecule has 0 amide bonds. The zero-order chi connectivity index (χ0) is 19.2. The van der Waals surface area contributed by atoms with E-state index in [0.717, 1.165) is 41.7 Å². The summed E-state index contributed by atoms with van der Waals surface area (Å²) in [5, 5.41) is 4.20. The second-order valence-corrected chi connectivity index (χ2v) is 8.06. The lowest BCUT2D eigenvalue weighted by Gasteiger charge is -2.40. The molecule has 2 aromatic carbocycles. The van der Waals surface area contributed by atoms with Gasteiger partial charge in [-0.05, 0) is 69.4 Å². The number of fused-ring (bicyclic) bond motifs is 1. The number of halogens is 2. The quantitative estimate of drug-likeness (QED) is 0.664. The number of anilines is 2. The maximum Gasteiger partial charge on any atom is 0.138 e. The number of aromatic nitrogens is 2. The third kappa shape index (κ3) is 3.45. The molecule has 4 nitrogen and oxygen atoms in total. The minimum atomic E-state index is -0.254. The first-order valence-corrected chi connectivity index (χ1v) is 9.30. The highest BCUT2D eigenvalue weighted by molar-refractivity contribution is 6.30. The molecule has 140 valence electrons. The molecule has 0 unspecified atom stereocenters. The molecular formula is C21H22ClFN4. The molecular weight excluding hydrogens is 363 g/mol. The van der Waals surface area contributed by atoms with Gasteiger partial charge in [0, 0.05) is 28.4 Å². The Morgan fingerprint density at radius 2 is 1.74 bits per heavy atom. The van der Waals surface area contributed by atoms with E-state index in [4.69, 9.17) is 16.6 Å². The van der Waals surface area contributed by atoms with Gasteiger partial charge in [0.2, 0.25) is 0 Å². The van der Waals surface area contributed by atoms with Crippen LogP contribution >= 0.6 is 11.6 Å². The lowest BCUT2D eigenvalue weighted by atomic mass is 10.0. The van der Waals surface area contributed by atoms with E-state index < -0.39 is 0 Å². The van der Waals surface area contributed by atoms with Gasteiger partial charge in [-0.25, -0.2) is 9.37 Å². The van der Waals surface area contributed by atoms with Crippen LogP contribution in [0.4, 0.5) is 15.9 Å². The van der Waals surface area contributed by atoms with Gasteiger partial charge in [-0.1, -0.05) is 11.6 Å². The van der Waals surface area contributed by atoms with Crippen LogP contribution in [-0.2, 0) is 13.1 Å². The van der Waals surface area contributed by atoms with Crippen LogP contribution in [0.1, 0.15) is 19.7 Å². The van der Waals surface area contributed by atoms with Crippen LogP contribution in [0.2, 0.25) is 5.02 Å². The molecule has 0 atom stereocenters. The predicted octanol–water partition coefficient (Wildman–Crippen LogP) is 5.31. The molecule has 3 aromatic rings. The zero-order valence-electron chi connectivity index (χ0n) is 15.6. The summed E-state index contributed by atoms with van der Waals surface area (Å²) in [4.78, 5) is 7.19. The Morgan fingerprint density at radius 3 is 2.41 bits per heavy atom. The van der Waals surface area contributed by atoms with Gasteiger partial charge in [0.05, 0.1) is 6.54 Å². The molecule has 4 rings (SSSR count). The van der Waals surface area contributed by atoms with Gasteiger partial charge in [0.1, 0.15) is 23.2 Å². The fourth-order valence-electron chi connectivity index (χ4n) is 3.33. The molecule has 1 aromatic heterocycles. The highest BCUT2D eigenvalue weighted by Crippen LogP contribution is 2.36. The largest absolute Gasteiger partial charge is 0.340 e. The van der Waals surface area contributed by atoms with E-state index in [2.05, 4.69) is 35.7 Å². The Kier molecular flexibility index (Phi) is 4.44. The Labute approximate surface area is 163 Å². The summed E-state index contributed by atoms with van der Waals surface area (Å²) < 4.78 is 15.6. The van der Waals surface area contributed by atoms with E-state index in [1.165, 1.54) is 12.1 Å². The summed E-state index contributed by atoms with van der Waals surface area (Å²) in [6.07, 6.45) is 0. The first-order valence-electron chi connectivity index (χ1n) is 8.93. The fourth-order valence-corrected chi connectivity index (χ4v) is 3.46. The van der Waals surface area contributed by atoms with Gasteiger partial charge in [-0.15, -0.1) is 0 Å². The average molecular weight is 385 g/mol. The van der Waals surface area contributed by atoms with Crippen molar-refractivity contribution in [3.63, 3.8) is 0 Å². The Hall–Kier alpha value is -2.37. The monoisotopic (exact) mass is 384 g/mol. The third-order valence-corrected chi connectivity index (χ3v) is 5.48. The lowest BCUT2D eigenvalue weighted by Crippen LogP contribution is -2.48. The van der Waals surface area contributed by atoms with Gasteiger partial charge in [-0.2, -0.15) is 0 Å². The molecule has 0 aliphatic carbocycles. The molecule has 0 spiro atoms. The maximum atomic E-state index is 13.4. The molecule has 0 radical (unpaired) electrons. The minimum absolute atomic E-state index is 0.00416. The summed E-state index contributed by atoms with van der Waals surface area (Å²) in [5.74, 6) is 1.66. The predicted molar refractivity (Wildman–Crippen MR) is 108 cm³/mol. The number of imidazole rings is 1. The number of rotatable bonds is 3. The van der Waals surface area contributed by atoms with Crippen molar-refractivity contribution in [1.82, 2.24) is 14.5 Å². The summed E-state index contributed by atoms with van der Waals surface area (Å²) in [7, 11) is 2.11. The number of likely N-dealkylation sites (N-methyl/N-ethyl adjacent to an activating group) is 1. The highest BCUT2D eigenvalue weighted by Gasteiger charge is 2.33. The van der Waals surface area contributed by atoms with Crippen molar-refractivity contribution in [2.24, 2.45) is 0 Å². The standard InChI is InChI=1S/C21H22ClFN4/c1-21(2)13-27-18(12-26(21)3)25-19(14-4-8-16(23)9-5-14)20(27)24-17-10-6-15(22)7-11-17/h4-11,24H,12-13H2,1-3H3. The summed E-state index contributed by atoms with van der Waals surface area (Å²) >= 11 is 6.02. The van der Waals surface area contributed by atoms with Crippen LogP contribution in [0.3, 0.4) is 0 Å². The normalized spacial score (nSPS) is 16.2. The van der Waals surface area contributed by atoms with Gasteiger partial charge >= 0.3 is 0 Å². The molecule has 1 aliphatic rings. The van der Waals surface area contributed by atoms with Crippen molar-refractivity contribution in [2.75, 3.05) is 12.4 Å². The van der Waals surface area contributed by atoms with Crippen LogP contribution in [0, 0.1) is 5.82 Å². The summed E-state index contributed by atoms with van der Waals surface area (Å²) in [6, 6.07) is 14.1. The maximum absolute atomic E-state index is 13.4. The molecule has 0 bridgehead atoms. The Morgan fingerprint density at radius 1 is 1.07 bits per heavy atom. The van der Waals surface area contributed by atoms with Gasteiger partial charge < -0.3 is 9.88 Å². The number of nitrogens with zero attached hydrogens (tertiary/aromatic N) is 3. The second kappa shape index (κ2) is 6.66. The van der Waals surface area contributed by atoms with Crippen molar-refractivity contribution in [2.45, 2.75) is 32.5 Å². The average Bonchev–Trinajstić information content (AvgIpc) is 2.95. The van der Waals surface area contributed by atoms with Gasteiger partial charge in [-0.3, -0.25) is 4.90 Å². The Bertz CT molecular complexity index is 961. The van der Waals surface area contributed by atoms with Crippen molar-refractivity contribution in [1.29, 1.82) is 0 Å². The second-order valence-electron chi connectivity index (χ2n) is 7.62. The molecule has 0 saturated heterocycles. The number of hydrogen-bond donors (Lipinski definition) is 1. The van der Waals surface area contributed by atoms with Crippen LogP contribution in [0.15, 0.2) is 48.5 Å². The number of benzene rings is 2. The molecule has 1 N–H and O–H groups in total. The fraction of sp³-hybridized carbons (Fsp3) is 0.286. The smallest absolute Gasteiger partial charge is 0.138 e. The molecule has 27 heavy (non-hydrogen) atoms. The van der Waals surface area contributed by atoms with Crippen LogP contribution in [-0.4, -0.2) is 27.0 Å². The zero-order valence-corrected chi connectivity index (χ0v) is 16.4. The van der Waals surface area contributed by atoms with E-state index in [0.29, 0.717) is 5.02 Å². The van der Waals surface area contributed by atoms with E-state index >= 15 is 0 Å². The van der Waals surface area contributed by atoms with Crippen LogP contribution in [0.5, 0.6) is 0 Å². The first-order chi connectivity index (χ1) is 12.8. The van der Waals surface area contributed by atoms with E-state index in [1.54, 1.807) is 12.1 Å². The SMILES string of the molecule is CN1Cc2nc(-c3ccc(F)cc3)c(Nc3ccc(Cl)cc3)n2CC1(C)C. The van der Waals surface area contributed by atoms with Crippen LogP contribution < -0.4 is 5.32 Å². The van der Waals surface area contributed by atoms with Gasteiger partial charge in [0.15, 0.2) is 0 Å². The molecule has 0 saturated carbocycles. The molecule has 2 heterocycles. The highest BCUT2D eigenvalue weighted by atomic mass is 35.5. The summed E-state index contributed by atoms with van der Waals surface area (Å²) in [5.41, 5.74) is 2.65. The van der Waals surface area contributed by atoms with E-state index in [-0.39, 0.29) is 11.4 Å². The van der Waals surface area contributed by atoms with Crippen LogP contribution in [0.25, 0.3) is 11.3 Å². The van der Waals surface area contributed by atoms with Crippen molar-refractivity contribution < 1.29 is 4.39 Å². The van der Waals surface area contributed by atoms with Crippen molar-refractivity contribution >= 4 is 23.1 Å². The summed E-state index contributed by atoms with van der Waals surface area (Å²) in [6.45, 7) is 6.01. The van der Waals surface area contributed by atoms with Gasteiger partial charge in [0.25, 0.3) is 0 Å².